The third-order valence-electron chi connectivity index (χ3n) is 4.65. The molecule has 0 bridgehead atoms. The first-order chi connectivity index (χ1) is 9.04. The van der Waals surface area contributed by atoms with Crippen LogP contribution in [0, 0.1) is 32.6 Å². The topological polar surface area (TPSA) is 43.1 Å². The predicted octanol–water partition coefficient (Wildman–Crippen LogP) is 3.56. The lowest BCUT2D eigenvalue weighted by Crippen LogP contribution is -2.32. The second-order valence-corrected chi connectivity index (χ2v) is 6.00. The van der Waals surface area contributed by atoms with Crippen LogP contribution in [0.5, 0.6) is 0 Å². The van der Waals surface area contributed by atoms with Crippen molar-refractivity contribution in [3.8, 4) is 0 Å². The number of rotatable bonds is 3. The van der Waals surface area contributed by atoms with Gasteiger partial charge in [0, 0.05) is 11.5 Å². The van der Waals surface area contributed by atoms with Crippen LogP contribution in [-0.4, -0.2) is 12.3 Å². The molecule has 0 radical (unpaired) electrons. The minimum Gasteiger partial charge on any atom is -0.330 e. The number of hydrogen-bond acceptors (Lipinski definition) is 2. The molecule has 0 spiro atoms. The summed E-state index contributed by atoms with van der Waals surface area (Å²) in [5.41, 5.74) is 10.3. The Hall–Kier alpha value is -1.15. The number of benzene rings is 1. The predicted molar refractivity (Wildman–Crippen MR) is 79.5 cm³/mol. The van der Waals surface area contributed by atoms with Crippen LogP contribution in [0.25, 0.3) is 0 Å². The zero-order valence-corrected chi connectivity index (χ0v) is 12.3. The van der Waals surface area contributed by atoms with Crippen molar-refractivity contribution >= 4 is 5.78 Å². The van der Waals surface area contributed by atoms with Crippen LogP contribution in [0.3, 0.4) is 0 Å². The van der Waals surface area contributed by atoms with E-state index < -0.39 is 0 Å². The molecule has 1 aliphatic carbocycles. The molecule has 2 unspecified atom stereocenters. The Morgan fingerprint density at radius 3 is 2.42 bits per heavy atom. The number of carbonyl (C=O) groups is 1. The minimum atomic E-state index is 0.138. The van der Waals surface area contributed by atoms with Crippen LogP contribution in [0.1, 0.15) is 52.7 Å². The Morgan fingerprint density at radius 1 is 1.11 bits per heavy atom. The van der Waals surface area contributed by atoms with Crippen molar-refractivity contribution in [1.29, 1.82) is 0 Å². The fourth-order valence-electron chi connectivity index (χ4n) is 3.26. The molecule has 0 aromatic heterocycles. The first-order valence-electron chi connectivity index (χ1n) is 7.36. The van der Waals surface area contributed by atoms with E-state index in [2.05, 4.69) is 26.0 Å². The van der Waals surface area contributed by atoms with Gasteiger partial charge >= 0.3 is 0 Å². The highest BCUT2D eigenvalue weighted by atomic mass is 16.1. The van der Waals surface area contributed by atoms with Crippen molar-refractivity contribution in [3.63, 3.8) is 0 Å². The van der Waals surface area contributed by atoms with Gasteiger partial charge in [-0.1, -0.05) is 18.9 Å². The lowest BCUT2D eigenvalue weighted by atomic mass is 9.74. The van der Waals surface area contributed by atoms with Crippen molar-refractivity contribution in [1.82, 2.24) is 0 Å². The van der Waals surface area contributed by atoms with E-state index in [-0.39, 0.29) is 5.92 Å². The Labute approximate surface area is 116 Å². The summed E-state index contributed by atoms with van der Waals surface area (Å²) in [5.74, 6) is 0.831. The van der Waals surface area contributed by atoms with Gasteiger partial charge < -0.3 is 5.73 Å². The number of ketones is 1. The highest BCUT2D eigenvalue weighted by Gasteiger charge is 2.31. The molecule has 104 valence electrons. The molecule has 0 saturated heterocycles. The molecule has 19 heavy (non-hydrogen) atoms. The SMILES string of the molecule is Cc1cc(C)c(C(=O)C2CCCCC2CN)cc1C. The van der Waals surface area contributed by atoms with Gasteiger partial charge in [-0.15, -0.1) is 0 Å². The smallest absolute Gasteiger partial charge is 0.166 e. The molecular formula is C17H25NO. The summed E-state index contributed by atoms with van der Waals surface area (Å²) in [5, 5.41) is 0. The quantitative estimate of drug-likeness (QED) is 0.843. The van der Waals surface area contributed by atoms with E-state index in [1.165, 1.54) is 17.5 Å². The molecule has 2 atom stereocenters. The second-order valence-electron chi connectivity index (χ2n) is 6.00. The van der Waals surface area contributed by atoms with Crippen molar-refractivity contribution in [3.05, 3.63) is 34.4 Å². The number of Topliss-reactive ketones (excluding diaryl/α,β-unsaturated/α-hetero) is 1. The molecule has 2 heteroatoms. The monoisotopic (exact) mass is 259 g/mol. The van der Waals surface area contributed by atoms with Crippen LogP contribution in [-0.2, 0) is 0 Å². The van der Waals surface area contributed by atoms with Gasteiger partial charge in [-0.25, -0.2) is 0 Å². The van der Waals surface area contributed by atoms with Gasteiger partial charge in [0.25, 0.3) is 0 Å². The van der Waals surface area contributed by atoms with Gasteiger partial charge in [-0.05, 0) is 68.8 Å². The van der Waals surface area contributed by atoms with Crippen LogP contribution in [0.2, 0.25) is 0 Å². The van der Waals surface area contributed by atoms with Gasteiger partial charge in [-0.2, -0.15) is 0 Å². The maximum atomic E-state index is 12.8. The summed E-state index contributed by atoms with van der Waals surface area (Å²) >= 11 is 0. The van der Waals surface area contributed by atoms with Crippen LogP contribution >= 0.6 is 0 Å². The number of hydrogen-bond donors (Lipinski definition) is 1. The van der Waals surface area contributed by atoms with E-state index in [0.717, 1.165) is 30.4 Å². The fourth-order valence-corrected chi connectivity index (χ4v) is 3.26. The third-order valence-corrected chi connectivity index (χ3v) is 4.65. The Bertz CT molecular complexity index is 478. The summed E-state index contributed by atoms with van der Waals surface area (Å²) in [4.78, 5) is 12.8. The number of carbonyl (C=O) groups excluding carboxylic acids is 1. The first kappa shape index (κ1) is 14.3. The van der Waals surface area contributed by atoms with Gasteiger partial charge in [0.1, 0.15) is 0 Å². The van der Waals surface area contributed by atoms with Gasteiger partial charge in [0.2, 0.25) is 0 Å². The van der Waals surface area contributed by atoms with E-state index >= 15 is 0 Å². The van der Waals surface area contributed by atoms with E-state index in [1.54, 1.807) is 0 Å². The van der Waals surface area contributed by atoms with Crippen molar-refractivity contribution in [2.24, 2.45) is 17.6 Å². The zero-order chi connectivity index (χ0) is 14.0. The number of nitrogens with two attached hydrogens (primary N) is 1. The standard InChI is InChI=1S/C17H25NO/c1-11-8-13(3)16(9-12(11)2)17(19)15-7-5-4-6-14(15)10-18/h8-9,14-15H,4-7,10,18H2,1-3H3. The average molecular weight is 259 g/mol. The maximum absolute atomic E-state index is 12.8. The first-order valence-corrected chi connectivity index (χ1v) is 7.36. The summed E-state index contributed by atoms with van der Waals surface area (Å²) in [7, 11) is 0. The lowest BCUT2D eigenvalue weighted by Gasteiger charge is -2.30. The summed E-state index contributed by atoms with van der Waals surface area (Å²) in [6.45, 7) is 6.85. The molecular weight excluding hydrogens is 234 g/mol. The molecule has 0 amide bonds. The molecule has 1 aromatic rings. The van der Waals surface area contributed by atoms with E-state index in [1.807, 2.05) is 6.92 Å². The molecule has 0 heterocycles. The Morgan fingerprint density at radius 2 is 1.74 bits per heavy atom. The fraction of sp³-hybridized carbons (Fsp3) is 0.588. The minimum absolute atomic E-state index is 0.138. The summed E-state index contributed by atoms with van der Waals surface area (Å²) < 4.78 is 0. The highest BCUT2D eigenvalue weighted by Crippen LogP contribution is 2.33. The third kappa shape index (κ3) is 2.89. The number of aryl methyl sites for hydroxylation is 3. The van der Waals surface area contributed by atoms with Gasteiger partial charge in [0.15, 0.2) is 5.78 Å². The van der Waals surface area contributed by atoms with Crippen LogP contribution in [0.4, 0.5) is 0 Å². The molecule has 1 aromatic carbocycles. The van der Waals surface area contributed by atoms with Crippen LogP contribution in [0.15, 0.2) is 12.1 Å². The summed E-state index contributed by atoms with van der Waals surface area (Å²) in [6, 6.07) is 4.19. The molecule has 1 aliphatic rings. The zero-order valence-electron chi connectivity index (χ0n) is 12.3. The molecule has 2 nitrogen and oxygen atoms in total. The molecule has 2 N–H and O–H groups in total. The molecule has 1 saturated carbocycles. The maximum Gasteiger partial charge on any atom is 0.166 e. The van der Waals surface area contributed by atoms with E-state index in [9.17, 15) is 4.79 Å². The largest absolute Gasteiger partial charge is 0.330 e. The Kier molecular flexibility index (Phi) is 4.41. The lowest BCUT2D eigenvalue weighted by molar-refractivity contribution is 0.0829. The average Bonchev–Trinajstić information content (AvgIpc) is 2.42. The molecule has 0 aliphatic heterocycles. The van der Waals surface area contributed by atoms with Crippen molar-refractivity contribution in [2.45, 2.75) is 46.5 Å². The highest BCUT2D eigenvalue weighted by molar-refractivity contribution is 5.99. The van der Waals surface area contributed by atoms with E-state index in [0.29, 0.717) is 18.2 Å². The Balaban J connectivity index is 2.30. The molecule has 1 fully saturated rings. The van der Waals surface area contributed by atoms with Crippen LogP contribution < -0.4 is 5.73 Å². The van der Waals surface area contributed by atoms with Crippen molar-refractivity contribution in [2.75, 3.05) is 6.54 Å². The molecule has 2 rings (SSSR count). The second kappa shape index (κ2) is 5.87. The normalized spacial score (nSPS) is 23.4. The van der Waals surface area contributed by atoms with Gasteiger partial charge in [0.05, 0.1) is 0 Å². The van der Waals surface area contributed by atoms with E-state index in [4.69, 9.17) is 5.73 Å². The summed E-state index contributed by atoms with van der Waals surface area (Å²) in [6.07, 6.45) is 4.50. The van der Waals surface area contributed by atoms with Crippen molar-refractivity contribution < 1.29 is 4.79 Å². The van der Waals surface area contributed by atoms with Gasteiger partial charge in [-0.3, -0.25) is 4.79 Å².